The summed E-state index contributed by atoms with van der Waals surface area (Å²) in [5.41, 5.74) is 3.78. The molecule has 0 radical (unpaired) electrons. The lowest BCUT2D eigenvalue weighted by Gasteiger charge is -2.42. The molecule has 21 heavy (non-hydrogen) atoms. The van der Waals surface area contributed by atoms with E-state index in [1.54, 1.807) is 11.8 Å². The highest BCUT2D eigenvalue weighted by atomic mass is 32.2. The number of aromatic nitrogens is 1. The molecule has 0 amide bonds. The van der Waals surface area contributed by atoms with E-state index in [-0.39, 0.29) is 18.7 Å². The zero-order valence-electron chi connectivity index (χ0n) is 12.3. The average Bonchev–Trinajstić information content (AvgIpc) is 2.90. The maximum Gasteiger partial charge on any atom is 0.137 e. The molecular formula is C16H20N2OS2. The monoisotopic (exact) mass is 320 g/mol. The number of aliphatic hydroxyl groups is 1. The summed E-state index contributed by atoms with van der Waals surface area (Å²) < 4.78 is 0.866. The molecule has 2 aromatic rings. The summed E-state index contributed by atoms with van der Waals surface area (Å²) in [7, 11) is 0. The predicted octanol–water partition coefficient (Wildman–Crippen LogP) is 3.49. The van der Waals surface area contributed by atoms with E-state index in [2.05, 4.69) is 41.1 Å². The zero-order valence-corrected chi connectivity index (χ0v) is 13.9. The fourth-order valence-corrected chi connectivity index (χ4v) is 4.15. The fourth-order valence-electron chi connectivity index (χ4n) is 3.39. The third kappa shape index (κ3) is 2.37. The zero-order chi connectivity index (χ0) is 15.0. The van der Waals surface area contributed by atoms with E-state index < -0.39 is 0 Å². The standard InChI is InChI=1S/C16H20N2OS2/c1-3-14-15-12(11-6-4-5-7-13(11)17-15)8-10(9-19)18(14)16(20)21-2/h4-7,10,14,17,19H,3,8-9H2,1-2H3/t10-,14+/m1/s1. The molecule has 3 nitrogen and oxygen atoms in total. The molecule has 0 bridgehead atoms. The predicted molar refractivity (Wildman–Crippen MR) is 93.9 cm³/mol. The Balaban J connectivity index is 2.15. The van der Waals surface area contributed by atoms with E-state index in [0.29, 0.717) is 0 Å². The first-order valence-electron chi connectivity index (χ1n) is 7.27. The van der Waals surface area contributed by atoms with Crippen LogP contribution in [0.2, 0.25) is 0 Å². The number of benzene rings is 1. The Morgan fingerprint density at radius 1 is 1.48 bits per heavy atom. The van der Waals surface area contributed by atoms with Crippen molar-refractivity contribution in [2.24, 2.45) is 0 Å². The first-order chi connectivity index (χ1) is 10.2. The van der Waals surface area contributed by atoms with Gasteiger partial charge in [-0.15, -0.1) is 11.8 Å². The van der Waals surface area contributed by atoms with E-state index in [9.17, 15) is 5.11 Å². The topological polar surface area (TPSA) is 39.3 Å². The van der Waals surface area contributed by atoms with Gasteiger partial charge < -0.3 is 15.0 Å². The molecule has 0 spiro atoms. The quantitative estimate of drug-likeness (QED) is 0.831. The molecular weight excluding hydrogens is 300 g/mol. The Labute approximate surface area is 134 Å². The van der Waals surface area contributed by atoms with E-state index in [1.807, 2.05) is 6.26 Å². The summed E-state index contributed by atoms with van der Waals surface area (Å²) in [4.78, 5) is 5.80. The summed E-state index contributed by atoms with van der Waals surface area (Å²) in [6.45, 7) is 2.31. The van der Waals surface area contributed by atoms with Gasteiger partial charge in [-0.3, -0.25) is 0 Å². The Morgan fingerprint density at radius 2 is 2.24 bits per heavy atom. The highest BCUT2D eigenvalue weighted by Crippen LogP contribution is 2.39. The van der Waals surface area contributed by atoms with Crippen molar-refractivity contribution in [3.05, 3.63) is 35.5 Å². The highest BCUT2D eigenvalue weighted by Gasteiger charge is 2.36. The first-order valence-corrected chi connectivity index (χ1v) is 8.91. The second-order valence-corrected chi connectivity index (χ2v) is 6.84. The van der Waals surface area contributed by atoms with Gasteiger partial charge in [0.15, 0.2) is 0 Å². The Kier molecular flexibility index (Phi) is 4.24. The Bertz CT molecular complexity index is 667. The molecule has 5 heteroatoms. The molecule has 1 aromatic heterocycles. The number of thioether (sulfide) groups is 1. The lowest BCUT2D eigenvalue weighted by molar-refractivity contribution is 0.137. The number of thiocarbonyl (C=S) groups is 1. The van der Waals surface area contributed by atoms with Gasteiger partial charge in [-0.25, -0.2) is 0 Å². The van der Waals surface area contributed by atoms with Gasteiger partial charge in [-0.05, 0) is 30.7 Å². The molecule has 1 aromatic carbocycles. The van der Waals surface area contributed by atoms with Crippen LogP contribution in [-0.2, 0) is 6.42 Å². The molecule has 3 rings (SSSR count). The molecule has 0 saturated carbocycles. The van der Waals surface area contributed by atoms with Crippen LogP contribution in [0.25, 0.3) is 10.9 Å². The normalized spacial score (nSPS) is 21.6. The molecule has 0 aliphatic carbocycles. The van der Waals surface area contributed by atoms with Gasteiger partial charge >= 0.3 is 0 Å². The maximum absolute atomic E-state index is 9.83. The molecule has 0 unspecified atom stereocenters. The van der Waals surface area contributed by atoms with Gasteiger partial charge in [0.2, 0.25) is 0 Å². The van der Waals surface area contributed by atoms with E-state index >= 15 is 0 Å². The van der Waals surface area contributed by atoms with Crippen LogP contribution in [0.3, 0.4) is 0 Å². The minimum atomic E-state index is 0.0709. The number of nitrogens with one attached hydrogen (secondary N) is 1. The molecule has 2 N–H and O–H groups in total. The molecule has 112 valence electrons. The lowest BCUT2D eigenvalue weighted by Crippen LogP contribution is -2.47. The van der Waals surface area contributed by atoms with E-state index in [4.69, 9.17) is 12.2 Å². The molecule has 1 aliphatic heterocycles. The van der Waals surface area contributed by atoms with Crippen molar-refractivity contribution in [1.29, 1.82) is 0 Å². The molecule has 0 fully saturated rings. The first kappa shape index (κ1) is 14.9. The van der Waals surface area contributed by atoms with Crippen LogP contribution < -0.4 is 0 Å². The molecule has 2 heterocycles. The summed E-state index contributed by atoms with van der Waals surface area (Å²) in [6.07, 6.45) is 3.81. The minimum Gasteiger partial charge on any atom is -0.394 e. The molecule has 2 atom stereocenters. The lowest BCUT2D eigenvalue weighted by atomic mass is 9.91. The van der Waals surface area contributed by atoms with Crippen molar-refractivity contribution in [2.45, 2.75) is 31.8 Å². The van der Waals surface area contributed by atoms with Gasteiger partial charge in [0.05, 0.1) is 18.7 Å². The highest BCUT2D eigenvalue weighted by molar-refractivity contribution is 8.22. The number of hydrogen-bond acceptors (Lipinski definition) is 3. The third-order valence-corrected chi connectivity index (χ3v) is 5.60. The number of para-hydroxylation sites is 1. The van der Waals surface area contributed by atoms with Gasteiger partial charge in [-0.1, -0.05) is 37.3 Å². The summed E-state index contributed by atoms with van der Waals surface area (Å²) in [5.74, 6) is 0. The molecule has 1 aliphatic rings. The minimum absolute atomic E-state index is 0.0709. The van der Waals surface area contributed by atoms with Crippen molar-refractivity contribution in [3.8, 4) is 0 Å². The number of aliphatic hydroxyl groups excluding tert-OH is 1. The van der Waals surface area contributed by atoms with Crippen molar-refractivity contribution < 1.29 is 5.11 Å². The van der Waals surface area contributed by atoms with Crippen LogP contribution in [0.1, 0.15) is 30.6 Å². The number of H-pyrrole nitrogens is 1. The summed E-state index contributed by atoms with van der Waals surface area (Å²) in [5, 5.41) is 11.1. The van der Waals surface area contributed by atoms with Crippen LogP contribution in [0, 0.1) is 0 Å². The van der Waals surface area contributed by atoms with Crippen molar-refractivity contribution in [2.75, 3.05) is 12.9 Å². The average molecular weight is 320 g/mol. The van der Waals surface area contributed by atoms with Crippen LogP contribution in [0.4, 0.5) is 0 Å². The largest absolute Gasteiger partial charge is 0.394 e. The number of aromatic amines is 1. The van der Waals surface area contributed by atoms with Crippen LogP contribution in [-0.4, -0.2) is 38.2 Å². The maximum atomic E-state index is 9.83. The second kappa shape index (κ2) is 5.99. The van der Waals surface area contributed by atoms with Gasteiger partial charge in [0.1, 0.15) is 4.32 Å². The molecule has 0 saturated heterocycles. The van der Waals surface area contributed by atoms with Crippen molar-refractivity contribution >= 4 is 39.2 Å². The van der Waals surface area contributed by atoms with Crippen molar-refractivity contribution in [3.63, 3.8) is 0 Å². The second-order valence-electron chi connectivity index (χ2n) is 5.40. The number of rotatable bonds is 2. The summed E-state index contributed by atoms with van der Waals surface area (Å²) in [6, 6.07) is 8.70. The summed E-state index contributed by atoms with van der Waals surface area (Å²) >= 11 is 7.12. The van der Waals surface area contributed by atoms with E-state index in [1.165, 1.54) is 22.2 Å². The van der Waals surface area contributed by atoms with Gasteiger partial charge in [0.25, 0.3) is 0 Å². The van der Waals surface area contributed by atoms with Gasteiger partial charge in [-0.2, -0.15) is 0 Å². The third-order valence-electron chi connectivity index (χ3n) is 4.33. The Morgan fingerprint density at radius 3 is 2.90 bits per heavy atom. The van der Waals surface area contributed by atoms with Crippen LogP contribution >= 0.6 is 24.0 Å². The number of hydrogen-bond donors (Lipinski definition) is 2. The smallest absolute Gasteiger partial charge is 0.137 e. The number of nitrogens with zero attached hydrogens (tertiary/aromatic N) is 1. The van der Waals surface area contributed by atoms with Gasteiger partial charge in [0, 0.05) is 16.6 Å². The Hall–Kier alpha value is -1.04. The number of fused-ring (bicyclic) bond motifs is 3. The van der Waals surface area contributed by atoms with E-state index in [0.717, 1.165) is 17.2 Å². The SMILES string of the molecule is CC[C@H]1c2[nH]c3ccccc3c2C[C@H](CO)N1C(=S)SC. The van der Waals surface area contributed by atoms with Crippen LogP contribution in [0.15, 0.2) is 24.3 Å². The fraction of sp³-hybridized carbons (Fsp3) is 0.438. The van der Waals surface area contributed by atoms with Crippen molar-refractivity contribution in [1.82, 2.24) is 9.88 Å². The van der Waals surface area contributed by atoms with Crippen LogP contribution in [0.5, 0.6) is 0 Å².